The zero-order valence-corrected chi connectivity index (χ0v) is 13.1. The summed E-state index contributed by atoms with van der Waals surface area (Å²) in [6, 6.07) is 7.53. The Labute approximate surface area is 126 Å². The Morgan fingerprint density at radius 2 is 2.10 bits per heavy atom. The van der Waals surface area contributed by atoms with Crippen molar-refractivity contribution in [2.45, 2.75) is 33.2 Å². The predicted octanol–water partition coefficient (Wildman–Crippen LogP) is 1.98. The van der Waals surface area contributed by atoms with Gasteiger partial charge in [-0.2, -0.15) is 0 Å². The van der Waals surface area contributed by atoms with Crippen LogP contribution in [0.25, 0.3) is 0 Å². The number of nitrogens with two attached hydrogens (primary N) is 1. The number of nitrogens with zero attached hydrogens (tertiary/aromatic N) is 1. The van der Waals surface area contributed by atoms with Gasteiger partial charge in [0.25, 0.3) is 0 Å². The highest BCUT2D eigenvalue weighted by Crippen LogP contribution is 2.15. The van der Waals surface area contributed by atoms with Gasteiger partial charge in [-0.05, 0) is 24.1 Å². The largest absolute Gasteiger partial charge is 0.342 e. The van der Waals surface area contributed by atoms with Crippen molar-refractivity contribution in [1.82, 2.24) is 4.90 Å². The van der Waals surface area contributed by atoms with Crippen LogP contribution in [0.5, 0.6) is 0 Å². The Morgan fingerprint density at radius 1 is 1.38 bits per heavy atom. The van der Waals surface area contributed by atoms with Crippen molar-refractivity contribution in [1.29, 1.82) is 0 Å². The van der Waals surface area contributed by atoms with Gasteiger partial charge in [-0.3, -0.25) is 9.59 Å². The molecule has 0 aliphatic rings. The van der Waals surface area contributed by atoms with E-state index >= 15 is 0 Å². The van der Waals surface area contributed by atoms with Crippen LogP contribution in [-0.2, 0) is 16.1 Å². The highest BCUT2D eigenvalue weighted by molar-refractivity contribution is 5.92. The van der Waals surface area contributed by atoms with Gasteiger partial charge in [0.05, 0.1) is 5.92 Å². The van der Waals surface area contributed by atoms with Gasteiger partial charge in [-0.25, -0.2) is 0 Å². The van der Waals surface area contributed by atoms with Gasteiger partial charge in [-0.1, -0.05) is 25.5 Å². The Bertz CT molecular complexity index is 488. The summed E-state index contributed by atoms with van der Waals surface area (Å²) < 4.78 is 0. The lowest BCUT2D eigenvalue weighted by Gasteiger charge is -2.17. The molecule has 0 bridgehead atoms. The molecule has 2 amide bonds. The second kappa shape index (κ2) is 8.42. The van der Waals surface area contributed by atoms with E-state index in [0.717, 1.165) is 24.1 Å². The van der Waals surface area contributed by atoms with Crippen LogP contribution in [0.4, 0.5) is 5.69 Å². The molecule has 0 saturated heterocycles. The summed E-state index contributed by atoms with van der Waals surface area (Å²) in [5.74, 6) is -0.189. The number of nitrogens with one attached hydrogen (secondary N) is 1. The molecule has 1 aromatic rings. The molecule has 0 saturated carbocycles. The second-order valence-electron chi connectivity index (χ2n) is 5.29. The predicted molar refractivity (Wildman–Crippen MR) is 84.7 cm³/mol. The number of hydrogen-bond donors (Lipinski definition) is 2. The topological polar surface area (TPSA) is 75.4 Å². The van der Waals surface area contributed by atoms with Crippen molar-refractivity contribution < 1.29 is 9.59 Å². The number of carbonyl (C=O) groups excluding carboxylic acids is 2. The van der Waals surface area contributed by atoms with Crippen LogP contribution in [0.15, 0.2) is 24.3 Å². The van der Waals surface area contributed by atoms with Crippen molar-refractivity contribution in [3.63, 3.8) is 0 Å². The normalized spacial score (nSPS) is 11.8. The Morgan fingerprint density at radius 3 is 2.67 bits per heavy atom. The molecule has 5 heteroatoms. The standard InChI is InChI=1S/C16H25N3O2/c1-4-6-14(10-17)16(21)18-15-8-5-7-13(9-15)11-19(3)12(2)20/h5,7-9,14H,4,6,10-11,17H2,1-3H3,(H,18,21). The summed E-state index contributed by atoms with van der Waals surface area (Å²) in [7, 11) is 1.75. The molecule has 0 fully saturated rings. The van der Waals surface area contributed by atoms with Gasteiger partial charge in [0.2, 0.25) is 11.8 Å². The highest BCUT2D eigenvalue weighted by atomic mass is 16.2. The second-order valence-corrected chi connectivity index (χ2v) is 5.29. The number of benzene rings is 1. The molecule has 0 aliphatic carbocycles. The lowest BCUT2D eigenvalue weighted by molar-refractivity contribution is -0.128. The van der Waals surface area contributed by atoms with Crippen LogP contribution < -0.4 is 11.1 Å². The van der Waals surface area contributed by atoms with E-state index in [-0.39, 0.29) is 17.7 Å². The molecule has 1 atom stereocenters. The summed E-state index contributed by atoms with van der Waals surface area (Å²) >= 11 is 0. The zero-order valence-electron chi connectivity index (χ0n) is 13.1. The number of carbonyl (C=O) groups is 2. The minimum absolute atomic E-state index is 0.00980. The Kier molecular flexibility index (Phi) is 6.88. The van der Waals surface area contributed by atoms with Crippen molar-refractivity contribution in [3.05, 3.63) is 29.8 Å². The van der Waals surface area contributed by atoms with E-state index in [9.17, 15) is 9.59 Å². The minimum atomic E-state index is -0.154. The fourth-order valence-electron chi connectivity index (χ4n) is 2.08. The van der Waals surface area contributed by atoms with Gasteiger partial charge in [0.15, 0.2) is 0 Å². The lowest BCUT2D eigenvalue weighted by Crippen LogP contribution is -2.29. The van der Waals surface area contributed by atoms with Crippen molar-refractivity contribution in [2.75, 3.05) is 18.9 Å². The SMILES string of the molecule is CCCC(CN)C(=O)Nc1cccc(CN(C)C(C)=O)c1. The highest BCUT2D eigenvalue weighted by Gasteiger charge is 2.15. The van der Waals surface area contributed by atoms with Crippen LogP contribution in [0.2, 0.25) is 0 Å². The first kappa shape index (κ1) is 17.2. The van der Waals surface area contributed by atoms with E-state index in [0.29, 0.717) is 13.1 Å². The molecule has 0 aliphatic heterocycles. The average Bonchev–Trinajstić information content (AvgIpc) is 2.44. The first-order valence-corrected chi connectivity index (χ1v) is 7.29. The van der Waals surface area contributed by atoms with Crippen LogP contribution in [0.1, 0.15) is 32.3 Å². The molecular formula is C16H25N3O2. The summed E-state index contributed by atoms with van der Waals surface area (Å²) in [6.45, 7) is 4.44. The minimum Gasteiger partial charge on any atom is -0.342 e. The van der Waals surface area contributed by atoms with Crippen LogP contribution in [0, 0.1) is 5.92 Å². The van der Waals surface area contributed by atoms with Crippen LogP contribution >= 0.6 is 0 Å². The van der Waals surface area contributed by atoms with Crippen molar-refractivity contribution >= 4 is 17.5 Å². The van der Waals surface area contributed by atoms with E-state index in [2.05, 4.69) is 5.32 Å². The van der Waals surface area contributed by atoms with Gasteiger partial charge in [-0.15, -0.1) is 0 Å². The summed E-state index contributed by atoms with van der Waals surface area (Å²) in [5.41, 5.74) is 7.35. The number of anilines is 1. The molecule has 116 valence electrons. The fraction of sp³-hybridized carbons (Fsp3) is 0.500. The fourth-order valence-corrected chi connectivity index (χ4v) is 2.08. The maximum absolute atomic E-state index is 12.1. The first-order chi connectivity index (χ1) is 9.97. The summed E-state index contributed by atoms with van der Waals surface area (Å²) in [4.78, 5) is 25.0. The van der Waals surface area contributed by atoms with E-state index in [1.165, 1.54) is 6.92 Å². The quantitative estimate of drug-likeness (QED) is 0.806. The number of hydrogen-bond acceptors (Lipinski definition) is 3. The number of amides is 2. The van der Waals surface area contributed by atoms with E-state index < -0.39 is 0 Å². The Hall–Kier alpha value is -1.88. The molecule has 0 radical (unpaired) electrons. The van der Waals surface area contributed by atoms with Crippen molar-refractivity contribution in [3.8, 4) is 0 Å². The molecule has 1 unspecified atom stereocenters. The maximum Gasteiger partial charge on any atom is 0.228 e. The molecule has 0 heterocycles. The van der Waals surface area contributed by atoms with Gasteiger partial charge < -0.3 is 16.0 Å². The third-order valence-corrected chi connectivity index (χ3v) is 3.44. The van der Waals surface area contributed by atoms with Crippen LogP contribution in [0.3, 0.4) is 0 Å². The third kappa shape index (κ3) is 5.55. The van der Waals surface area contributed by atoms with Crippen molar-refractivity contribution in [2.24, 2.45) is 11.7 Å². The molecule has 3 N–H and O–H groups in total. The van der Waals surface area contributed by atoms with Gasteiger partial charge in [0.1, 0.15) is 0 Å². The monoisotopic (exact) mass is 291 g/mol. The average molecular weight is 291 g/mol. The molecule has 5 nitrogen and oxygen atoms in total. The van der Waals surface area contributed by atoms with E-state index in [1.54, 1.807) is 11.9 Å². The lowest BCUT2D eigenvalue weighted by atomic mass is 10.0. The third-order valence-electron chi connectivity index (χ3n) is 3.44. The first-order valence-electron chi connectivity index (χ1n) is 7.29. The Balaban J connectivity index is 2.72. The molecule has 0 aromatic heterocycles. The van der Waals surface area contributed by atoms with Crippen LogP contribution in [-0.4, -0.2) is 30.3 Å². The van der Waals surface area contributed by atoms with Gasteiger partial charge in [0, 0.05) is 32.7 Å². The molecule has 21 heavy (non-hydrogen) atoms. The zero-order chi connectivity index (χ0) is 15.8. The molecule has 1 aromatic carbocycles. The number of rotatable bonds is 7. The summed E-state index contributed by atoms with van der Waals surface area (Å²) in [6.07, 6.45) is 1.72. The maximum atomic E-state index is 12.1. The smallest absolute Gasteiger partial charge is 0.228 e. The molecular weight excluding hydrogens is 266 g/mol. The van der Waals surface area contributed by atoms with E-state index in [4.69, 9.17) is 5.73 Å². The van der Waals surface area contributed by atoms with E-state index in [1.807, 2.05) is 31.2 Å². The molecule has 0 spiro atoms. The van der Waals surface area contributed by atoms with Gasteiger partial charge >= 0.3 is 0 Å². The molecule has 1 rings (SSSR count). The summed E-state index contributed by atoms with van der Waals surface area (Å²) in [5, 5.41) is 2.90.